The maximum absolute atomic E-state index is 10.1. The Labute approximate surface area is 301 Å². The van der Waals surface area contributed by atoms with Crippen LogP contribution >= 0.6 is 40.0 Å². The molecule has 0 amide bonds. The molecule has 6 fully saturated rings. The van der Waals surface area contributed by atoms with Gasteiger partial charge >= 0.3 is 73.3 Å². The number of allylic oxidation sites excluding steroid dienone is 4. The Morgan fingerprint density at radius 2 is 1.09 bits per heavy atom. The summed E-state index contributed by atoms with van der Waals surface area (Å²) in [7, 11) is 2.98. The Morgan fingerprint density at radius 1 is 0.630 bits per heavy atom. The van der Waals surface area contributed by atoms with E-state index in [4.69, 9.17) is 10.2 Å². The van der Waals surface area contributed by atoms with Crippen LogP contribution in [-0.4, -0.2) is 48.3 Å². The van der Waals surface area contributed by atoms with Crippen molar-refractivity contribution in [3.05, 3.63) is 48.6 Å². The number of carbonyl (C=O) groups excluding carboxylic acids is 2. The van der Waals surface area contributed by atoms with E-state index in [9.17, 15) is 19.2 Å². The Bertz CT molecular complexity index is 1180. The molecular weight excluding hydrogens is 853 g/mol. The van der Waals surface area contributed by atoms with Crippen molar-refractivity contribution in [1.82, 2.24) is 0 Å². The molecule has 0 aromatic rings. The maximum atomic E-state index is 10.1. The molecule has 6 saturated carbocycles. The van der Waals surface area contributed by atoms with Crippen LogP contribution in [0, 0.1) is 71.0 Å². The monoisotopic (exact) mass is 899 g/mol. The molecule has 0 aliphatic heterocycles. The van der Waals surface area contributed by atoms with Crippen molar-refractivity contribution in [2.24, 2.45) is 71.0 Å². The first kappa shape index (κ1) is 37.7. The summed E-state index contributed by atoms with van der Waals surface area (Å²) in [5.41, 5.74) is 0. The van der Waals surface area contributed by atoms with E-state index in [-0.39, 0.29) is 0 Å². The number of rotatable bonds is 4. The molecule has 253 valence electrons. The van der Waals surface area contributed by atoms with Crippen molar-refractivity contribution in [2.75, 3.05) is 14.2 Å². The number of ether oxygens (including phenoxy) is 2. The van der Waals surface area contributed by atoms with E-state index >= 15 is 0 Å². The zero-order valence-corrected chi connectivity index (χ0v) is 32.2. The van der Waals surface area contributed by atoms with Gasteiger partial charge in [0.15, 0.2) is 0 Å². The van der Waals surface area contributed by atoms with Gasteiger partial charge in [0.05, 0.1) is 14.2 Å². The third-order valence-electron chi connectivity index (χ3n) is 11.9. The van der Waals surface area contributed by atoms with E-state index in [0.717, 1.165) is 59.5 Å². The predicted molar refractivity (Wildman–Crippen MR) is 187 cm³/mol. The number of carboxylic acids is 2. The van der Waals surface area contributed by atoms with Gasteiger partial charge in [-0.25, -0.2) is 19.2 Å². The van der Waals surface area contributed by atoms with Crippen molar-refractivity contribution in [3.8, 4) is 0 Å². The molecule has 0 aromatic heterocycles. The first-order chi connectivity index (χ1) is 22.1. The third-order valence-corrected chi connectivity index (χ3v) is 11.9. The minimum atomic E-state index is -1.17. The number of hydrogen-bond acceptors (Lipinski definition) is 6. The molecule has 46 heavy (non-hydrogen) atoms. The van der Waals surface area contributed by atoms with Gasteiger partial charge in [0, 0.05) is 24.3 Å². The van der Waals surface area contributed by atoms with E-state index in [0.29, 0.717) is 21.6 Å². The van der Waals surface area contributed by atoms with Crippen LogP contribution in [0.4, 0.5) is 0 Å². The Morgan fingerprint density at radius 3 is 1.61 bits per heavy atom. The molecule has 0 spiro atoms. The molecule has 0 heterocycles. The summed E-state index contributed by atoms with van der Waals surface area (Å²) in [5.74, 6) is 9.88. The van der Waals surface area contributed by atoms with Crippen molar-refractivity contribution in [3.63, 3.8) is 0 Å². The first-order valence-electron chi connectivity index (χ1n) is 16.4. The Hall–Kier alpha value is -1.12. The summed E-state index contributed by atoms with van der Waals surface area (Å²) in [4.78, 5) is 39.7. The average molecular weight is 899 g/mol. The van der Waals surface area contributed by atoms with E-state index < -0.39 is 23.9 Å². The molecule has 0 saturated heterocycles. The van der Waals surface area contributed by atoms with Crippen LogP contribution in [0.3, 0.4) is 0 Å². The summed E-state index contributed by atoms with van der Waals surface area (Å²) in [6, 6.07) is 0. The van der Waals surface area contributed by atoms with Gasteiger partial charge in [0.2, 0.25) is 0 Å². The van der Waals surface area contributed by atoms with E-state index in [1.807, 2.05) is 0 Å². The Kier molecular flexibility index (Phi) is 14.8. The molecular formula is C35H46I2O8V. The summed E-state index contributed by atoms with van der Waals surface area (Å²) in [6.45, 7) is 0. The normalized spacial score (nSPS) is 38.3. The van der Waals surface area contributed by atoms with Crippen molar-refractivity contribution in [2.45, 2.75) is 57.8 Å². The number of aliphatic carboxylic acids is 2. The number of hydrogen-bond donors (Lipinski definition) is 2. The SMILES string of the molecule is C1=CC2C(C1)C1CC2C2C3CCC(C3)C12.C1=CC2C3CCC(C3)C2C1.COC(=O)C=CC(=O)O.COC(=O)C=CC(=O)O.[I][V][I]. The van der Waals surface area contributed by atoms with Crippen molar-refractivity contribution in [1.29, 1.82) is 0 Å². The Balaban J connectivity index is 0.000000140. The third kappa shape index (κ3) is 9.11. The first-order valence-corrected chi connectivity index (χ1v) is 25.4. The molecule has 0 aromatic carbocycles. The van der Waals surface area contributed by atoms with Gasteiger partial charge in [-0.05, 0) is 129 Å². The van der Waals surface area contributed by atoms with Crippen LogP contribution < -0.4 is 0 Å². The summed E-state index contributed by atoms with van der Waals surface area (Å²) in [6.07, 6.45) is 27.1. The average Bonchev–Trinajstić information content (AvgIpc) is 3.89. The van der Waals surface area contributed by atoms with Crippen LogP contribution in [-0.2, 0) is 38.1 Å². The zero-order chi connectivity index (χ0) is 33.4. The fourth-order valence-electron chi connectivity index (χ4n) is 10.7. The van der Waals surface area contributed by atoms with Gasteiger partial charge in [-0.2, -0.15) is 0 Å². The molecule has 8 aliphatic rings. The van der Waals surface area contributed by atoms with Crippen molar-refractivity contribution < 1.29 is 48.3 Å². The fourth-order valence-corrected chi connectivity index (χ4v) is 10.7. The molecule has 2 N–H and O–H groups in total. The number of fused-ring (bicyclic) bond motifs is 17. The van der Waals surface area contributed by atoms with Gasteiger partial charge in [0.1, 0.15) is 0 Å². The second kappa shape index (κ2) is 18.0. The summed E-state index contributed by atoms with van der Waals surface area (Å²) in [5, 5.41) is 15.9. The fraction of sp³-hybridized carbons (Fsp3) is 0.657. The second-order valence-electron chi connectivity index (χ2n) is 13.6. The zero-order valence-electron chi connectivity index (χ0n) is 26.5. The van der Waals surface area contributed by atoms with Gasteiger partial charge < -0.3 is 19.7 Å². The minimum absolute atomic E-state index is 0.628. The van der Waals surface area contributed by atoms with Crippen LogP contribution in [0.1, 0.15) is 57.8 Å². The standard InChI is InChI=1S/C15H20.C10H14.2C5H6O4.2HI.V/c1-2-10-11(3-1)13-7-12(10)14-8-4-5-9(6-8)15(13)14;1-2-9-7-4-5-8(6-7)10(9)3-1;2*1-9-5(8)3-2-4(6)7;;;/h1-2,8-15H,3-7H2;1-2,7-10H,3-6H2;2*2-3H,1H3,(H,6,7);2*1H;/q;;;;;;+2/p-2. The summed E-state index contributed by atoms with van der Waals surface area (Å²) < 4.78 is 8.22. The van der Waals surface area contributed by atoms with Gasteiger partial charge in [0.25, 0.3) is 0 Å². The number of halogens is 2. The van der Waals surface area contributed by atoms with Gasteiger partial charge in [-0.15, -0.1) is 0 Å². The van der Waals surface area contributed by atoms with E-state index in [1.54, 1.807) is 38.5 Å². The molecule has 8 aliphatic carbocycles. The summed E-state index contributed by atoms with van der Waals surface area (Å²) >= 11 is 4.74. The number of esters is 2. The second-order valence-corrected chi connectivity index (χ2v) is 25.4. The van der Waals surface area contributed by atoms with Gasteiger partial charge in [-0.3, -0.25) is 0 Å². The number of carbonyl (C=O) groups is 4. The molecule has 12 atom stereocenters. The number of methoxy groups -OCH3 is 2. The van der Waals surface area contributed by atoms with Crippen LogP contribution in [0.5, 0.6) is 0 Å². The molecule has 12 unspecified atom stereocenters. The van der Waals surface area contributed by atoms with Crippen molar-refractivity contribution >= 4 is 63.8 Å². The van der Waals surface area contributed by atoms with Crippen LogP contribution in [0.2, 0.25) is 0 Å². The molecule has 6 bridgehead atoms. The van der Waals surface area contributed by atoms with Crippen LogP contribution in [0.15, 0.2) is 48.6 Å². The quantitative estimate of drug-likeness (QED) is 0.0980. The molecule has 11 heteroatoms. The molecule has 8 rings (SSSR count). The number of carboxylic acid groups (broad SMARTS) is 2. The van der Waals surface area contributed by atoms with E-state index in [1.165, 1.54) is 57.2 Å². The topological polar surface area (TPSA) is 127 Å². The predicted octanol–water partition coefficient (Wildman–Crippen LogP) is 7.47. The molecule has 0 radical (unpaired) electrons. The molecule has 8 nitrogen and oxygen atoms in total. The van der Waals surface area contributed by atoms with Crippen LogP contribution in [0.25, 0.3) is 0 Å². The van der Waals surface area contributed by atoms with E-state index in [2.05, 4.69) is 73.7 Å². The van der Waals surface area contributed by atoms with Gasteiger partial charge in [-0.1, -0.05) is 24.3 Å².